The van der Waals surface area contributed by atoms with Crippen molar-refractivity contribution in [3.8, 4) is 0 Å². The maximum absolute atomic E-state index is 12.0. The number of nitrogens with zero attached hydrogens (tertiary/aromatic N) is 3. The van der Waals surface area contributed by atoms with Gasteiger partial charge >= 0.3 is 6.18 Å². The summed E-state index contributed by atoms with van der Waals surface area (Å²) in [6, 6.07) is 1.45. The lowest BCUT2D eigenvalue weighted by Crippen LogP contribution is -2.26. The number of ether oxygens (including phenoxy) is 1. The highest BCUT2D eigenvalue weighted by Gasteiger charge is 2.26. The molecule has 1 rings (SSSR count). The summed E-state index contributed by atoms with van der Waals surface area (Å²) in [5.74, 6) is 0.328. The lowest BCUT2D eigenvalue weighted by molar-refractivity contribution is -0.118. The van der Waals surface area contributed by atoms with Gasteiger partial charge in [-0.2, -0.15) is 13.2 Å². The number of nitrogens with one attached hydrogen (secondary N) is 2. The average Bonchev–Trinajstić information content (AvgIpc) is 2.44. The van der Waals surface area contributed by atoms with Crippen molar-refractivity contribution in [3.05, 3.63) is 18.1 Å². The van der Waals surface area contributed by atoms with Crippen LogP contribution in [0.4, 0.5) is 19.0 Å². The molecule has 8 nitrogen and oxygen atoms in total. The van der Waals surface area contributed by atoms with Crippen molar-refractivity contribution in [1.29, 1.82) is 5.41 Å². The number of rotatable bonds is 8. The predicted molar refractivity (Wildman–Crippen MR) is 79.3 cm³/mol. The number of anilines is 1. The predicted octanol–water partition coefficient (Wildman–Crippen LogP) is 0.651. The first-order chi connectivity index (χ1) is 10.8. The second kappa shape index (κ2) is 8.88. The minimum atomic E-state index is -4.42. The molecule has 0 aliphatic rings. The van der Waals surface area contributed by atoms with Gasteiger partial charge in [-0.05, 0) is 6.07 Å². The molecule has 0 fully saturated rings. The molecular formula is C12H18F3N7O. The van der Waals surface area contributed by atoms with Crippen LogP contribution in [0, 0.1) is 5.41 Å². The molecule has 0 spiro atoms. The number of aromatic nitrogens is 2. The van der Waals surface area contributed by atoms with Crippen LogP contribution in [0.25, 0.3) is 0 Å². The van der Waals surface area contributed by atoms with E-state index in [1.54, 1.807) is 0 Å². The molecule has 0 saturated heterocycles. The van der Waals surface area contributed by atoms with Gasteiger partial charge in [0.2, 0.25) is 0 Å². The summed E-state index contributed by atoms with van der Waals surface area (Å²) >= 11 is 0. The highest BCUT2D eigenvalue weighted by molar-refractivity contribution is 5.91. The van der Waals surface area contributed by atoms with Gasteiger partial charge < -0.3 is 21.5 Å². The van der Waals surface area contributed by atoms with E-state index >= 15 is 0 Å². The minimum Gasteiger partial charge on any atom is -0.388 e. The van der Waals surface area contributed by atoms with E-state index in [0.29, 0.717) is 31.9 Å². The topological polar surface area (TPSA) is 135 Å². The molecule has 6 N–H and O–H groups in total. The van der Waals surface area contributed by atoms with Crippen molar-refractivity contribution in [1.82, 2.24) is 9.97 Å². The Hall–Kier alpha value is -2.43. The zero-order valence-corrected chi connectivity index (χ0v) is 12.2. The second-order valence-electron chi connectivity index (χ2n) is 4.44. The fourth-order valence-corrected chi connectivity index (χ4v) is 1.38. The number of alkyl halides is 3. The van der Waals surface area contributed by atoms with Crippen LogP contribution in [0.1, 0.15) is 12.2 Å². The largest absolute Gasteiger partial charge is 0.408 e. The smallest absolute Gasteiger partial charge is 0.388 e. The average molecular weight is 333 g/mol. The van der Waals surface area contributed by atoms with Crippen molar-refractivity contribution in [3.63, 3.8) is 0 Å². The van der Waals surface area contributed by atoms with Gasteiger partial charge in [-0.1, -0.05) is 0 Å². The number of nitrogens with two attached hydrogens (primary N) is 2. The Morgan fingerprint density at radius 1 is 1.35 bits per heavy atom. The molecule has 11 heteroatoms. The molecule has 0 aliphatic carbocycles. The number of halogens is 3. The summed E-state index contributed by atoms with van der Waals surface area (Å²) in [6.45, 7) is -0.716. The number of aliphatic imine (C=N–C) groups is 1. The summed E-state index contributed by atoms with van der Waals surface area (Å²) in [4.78, 5) is 11.2. The molecule has 128 valence electrons. The van der Waals surface area contributed by atoms with Crippen LogP contribution in [0.5, 0.6) is 0 Å². The van der Waals surface area contributed by atoms with E-state index in [1.807, 2.05) is 0 Å². The van der Waals surface area contributed by atoms with E-state index in [2.05, 4.69) is 20.3 Å². The first-order valence-corrected chi connectivity index (χ1v) is 6.62. The third kappa shape index (κ3) is 9.24. The molecule has 0 bridgehead atoms. The minimum absolute atomic E-state index is 0.0427. The maximum atomic E-state index is 12.0. The Bertz CT molecular complexity index is 548. The maximum Gasteiger partial charge on any atom is 0.408 e. The van der Waals surface area contributed by atoms with Gasteiger partial charge in [0, 0.05) is 19.0 Å². The Morgan fingerprint density at radius 2 is 2.09 bits per heavy atom. The molecule has 0 unspecified atom stereocenters. The van der Waals surface area contributed by atoms with Crippen LogP contribution in [0.2, 0.25) is 0 Å². The molecule has 0 aromatic carbocycles. The number of hydrogen-bond acceptors (Lipinski definition) is 5. The lowest BCUT2D eigenvalue weighted by atomic mass is 10.4. The standard InChI is InChI=1S/C12H18F3N7O/c13-12(14,15)7-20-11(18)22-10-1-4-19-9(21-10)3-6-23-5-2-8(16)17/h1,4H,2-3,5-7H2,(H3,16,17)(H3,18,19,20,21,22). The first-order valence-electron chi connectivity index (χ1n) is 6.62. The van der Waals surface area contributed by atoms with Gasteiger partial charge in [0.05, 0.1) is 19.0 Å². The van der Waals surface area contributed by atoms with Crippen LogP contribution >= 0.6 is 0 Å². The Balaban J connectivity index is 2.45. The van der Waals surface area contributed by atoms with Crippen molar-refractivity contribution in [2.45, 2.75) is 19.0 Å². The quantitative estimate of drug-likeness (QED) is 0.313. The van der Waals surface area contributed by atoms with Gasteiger partial charge in [0.15, 0.2) is 5.96 Å². The summed E-state index contributed by atoms with van der Waals surface area (Å²) in [5.41, 5.74) is 10.5. The van der Waals surface area contributed by atoms with E-state index in [1.165, 1.54) is 12.3 Å². The molecule has 1 aromatic heterocycles. The molecule has 0 aliphatic heterocycles. The zero-order chi connectivity index (χ0) is 17.3. The van der Waals surface area contributed by atoms with Gasteiger partial charge in [0.1, 0.15) is 18.2 Å². The lowest BCUT2D eigenvalue weighted by Gasteiger charge is -2.08. The summed E-state index contributed by atoms with van der Waals surface area (Å²) in [7, 11) is 0. The summed E-state index contributed by atoms with van der Waals surface area (Å²) < 4.78 is 41.3. The van der Waals surface area contributed by atoms with Crippen LogP contribution in [0.15, 0.2) is 17.3 Å². The van der Waals surface area contributed by atoms with E-state index in [4.69, 9.17) is 21.6 Å². The summed E-state index contributed by atoms with van der Waals surface area (Å²) in [5, 5.41) is 9.49. The van der Waals surface area contributed by atoms with E-state index in [-0.39, 0.29) is 17.6 Å². The van der Waals surface area contributed by atoms with E-state index in [0.717, 1.165) is 0 Å². The molecular weight excluding hydrogens is 315 g/mol. The Kier molecular flexibility index (Phi) is 7.19. The third-order valence-corrected chi connectivity index (χ3v) is 2.38. The highest BCUT2D eigenvalue weighted by atomic mass is 19.4. The third-order valence-electron chi connectivity index (χ3n) is 2.38. The van der Waals surface area contributed by atoms with Crippen LogP contribution < -0.4 is 16.8 Å². The molecule has 1 aromatic rings. The summed E-state index contributed by atoms with van der Waals surface area (Å²) in [6.07, 6.45) is -2.24. The zero-order valence-electron chi connectivity index (χ0n) is 12.2. The molecule has 0 atom stereocenters. The molecule has 0 saturated carbocycles. The van der Waals surface area contributed by atoms with Crippen molar-refractivity contribution >= 4 is 17.6 Å². The molecule has 23 heavy (non-hydrogen) atoms. The van der Waals surface area contributed by atoms with Gasteiger partial charge in [-0.15, -0.1) is 0 Å². The van der Waals surface area contributed by atoms with Crippen LogP contribution in [-0.2, 0) is 11.2 Å². The number of guanidine groups is 1. The Morgan fingerprint density at radius 3 is 2.74 bits per heavy atom. The van der Waals surface area contributed by atoms with Crippen molar-refractivity contribution in [2.75, 3.05) is 25.1 Å². The normalized spacial score (nSPS) is 12.2. The number of amidine groups is 1. The SMILES string of the molecule is N=C(N)CCOCCc1nccc(NC(N)=NCC(F)(F)F)n1. The molecule has 1 heterocycles. The van der Waals surface area contributed by atoms with E-state index in [9.17, 15) is 13.2 Å². The van der Waals surface area contributed by atoms with Crippen molar-refractivity contribution < 1.29 is 17.9 Å². The van der Waals surface area contributed by atoms with Gasteiger partial charge in [0.25, 0.3) is 0 Å². The highest BCUT2D eigenvalue weighted by Crippen LogP contribution is 2.14. The monoisotopic (exact) mass is 333 g/mol. The number of hydrogen-bond donors (Lipinski definition) is 4. The van der Waals surface area contributed by atoms with E-state index < -0.39 is 12.7 Å². The Labute approximate surface area is 130 Å². The van der Waals surface area contributed by atoms with Crippen LogP contribution in [0.3, 0.4) is 0 Å². The van der Waals surface area contributed by atoms with Crippen molar-refractivity contribution in [2.24, 2.45) is 16.5 Å². The second-order valence-corrected chi connectivity index (χ2v) is 4.44. The van der Waals surface area contributed by atoms with Gasteiger partial charge in [-0.25, -0.2) is 15.0 Å². The fourth-order valence-electron chi connectivity index (χ4n) is 1.38. The molecule has 0 amide bonds. The molecule has 0 radical (unpaired) electrons. The fraction of sp³-hybridized carbons (Fsp3) is 0.500. The van der Waals surface area contributed by atoms with Crippen LogP contribution in [-0.4, -0.2) is 47.7 Å². The van der Waals surface area contributed by atoms with Gasteiger partial charge in [-0.3, -0.25) is 5.41 Å². The first kappa shape index (κ1) is 18.6.